The molecule has 0 saturated carbocycles. The average molecular weight is 745 g/mol. The normalized spacial score (nSPS) is 17.2. The molecule has 0 bridgehead atoms. The number of nitrogens with one attached hydrogen (secondary N) is 2. The lowest BCUT2D eigenvalue weighted by Gasteiger charge is -2.26. The van der Waals surface area contributed by atoms with Crippen LogP contribution in [-0.2, 0) is 40.1 Å². The maximum absolute atomic E-state index is 11.5. The van der Waals surface area contributed by atoms with E-state index >= 15 is 0 Å². The molecule has 1 heterocycles. The minimum Gasteiger partial charge on any atom is -0.359 e. The topological polar surface area (TPSA) is 167 Å². The molecular formula is C15H24F12N4O8S4. The van der Waals surface area contributed by atoms with Gasteiger partial charge in [-0.25, -0.2) is 33.7 Å². The fourth-order valence-corrected chi connectivity index (χ4v) is 5.96. The molecule has 1 aliphatic heterocycles. The summed E-state index contributed by atoms with van der Waals surface area (Å²) in [6.07, 6.45) is 10.3. The number of hydrogen-bond donors (Lipinski definition) is 2. The Kier molecular flexibility index (Phi) is 15.1. The Balaban J connectivity index is 0. The molecule has 0 aromatic carbocycles. The van der Waals surface area contributed by atoms with Gasteiger partial charge in [-0.3, -0.25) is 0 Å². The third kappa shape index (κ3) is 13.8. The van der Waals surface area contributed by atoms with Crippen LogP contribution in [0.2, 0.25) is 0 Å². The highest BCUT2D eigenvalue weighted by atomic mass is 32.3. The van der Waals surface area contributed by atoms with Gasteiger partial charge in [0.15, 0.2) is 0 Å². The second-order valence-corrected chi connectivity index (χ2v) is 15.1. The summed E-state index contributed by atoms with van der Waals surface area (Å²) in [5.41, 5.74) is -24.6. The average Bonchev–Trinajstić information content (AvgIpc) is 3.05. The van der Waals surface area contributed by atoms with E-state index in [1.807, 2.05) is 0 Å². The number of alkyl halides is 12. The standard InChI is InChI=1S/C11H22N2.2C2HF6NO4S2/c1-4-5-6-7-8-13-10-9-12(3)11(13)2;2*3-1(4,5)14(10,11)9-15(12,13)2(6,7)8/h9-11H,4-8H2,1-3H3;2*9H. The zero-order valence-corrected chi connectivity index (χ0v) is 24.9. The summed E-state index contributed by atoms with van der Waals surface area (Å²) in [6.45, 7) is 5.72. The number of unbranched alkanes of at least 4 members (excludes halogenated alkanes) is 3. The van der Waals surface area contributed by atoms with Crippen molar-refractivity contribution in [2.24, 2.45) is 0 Å². The zero-order chi connectivity index (χ0) is 35.1. The fraction of sp³-hybridized carbons (Fsp3) is 0.867. The first kappa shape index (κ1) is 43.3. The predicted octanol–water partition coefficient (Wildman–Crippen LogP) is 3.18. The first-order chi connectivity index (χ1) is 18.7. The molecule has 0 aromatic rings. The van der Waals surface area contributed by atoms with Gasteiger partial charge in [0.1, 0.15) is 0 Å². The summed E-state index contributed by atoms with van der Waals surface area (Å²) in [6, 6.07) is 0. The minimum atomic E-state index is -6.60. The highest BCUT2D eigenvalue weighted by Crippen LogP contribution is 2.28. The second kappa shape index (κ2) is 15.0. The van der Waals surface area contributed by atoms with Crippen molar-refractivity contribution in [2.75, 3.05) is 13.6 Å². The van der Waals surface area contributed by atoms with Gasteiger partial charge in [-0.05, 0) is 13.3 Å². The summed E-state index contributed by atoms with van der Waals surface area (Å²) in [5, 5.41) is 0. The maximum atomic E-state index is 11.5. The molecule has 1 unspecified atom stereocenters. The van der Waals surface area contributed by atoms with Crippen LogP contribution in [0.25, 0.3) is 0 Å². The maximum Gasteiger partial charge on any atom is 0.512 e. The van der Waals surface area contributed by atoms with Gasteiger partial charge in [-0.2, -0.15) is 52.7 Å². The summed E-state index contributed by atoms with van der Waals surface area (Å²) in [7, 11) is -24.3. The molecule has 0 aromatic heterocycles. The van der Waals surface area contributed by atoms with Crippen LogP contribution in [0, 0.1) is 0 Å². The second-order valence-electron chi connectivity index (χ2n) is 7.86. The van der Waals surface area contributed by atoms with Crippen LogP contribution in [-0.4, -0.2) is 85.3 Å². The van der Waals surface area contributed by atoms with Gasteiger partial charge < -0.3 is 9.80 Å². The van der Waals surface area contributed by atoms with E-state index < -0.39 is 70.4 Å². The van der Waals surface area contributed by atoms with Gasteiger partial charge in [-0.1, -0.05) is 34.4 Å². The van der Waals surface area contributed by atoms with Crippen LogP contribution >= 0.6 is 0 Å². The molecule has 0 fully saturated rings. The molecule has 2 N–H and O–H groups in total. The smallest absolute Gasteiger partial charge is 0.359 e. The number of nitrogens with zero attached hydrogens (tertiary/aromatic N) is 2. The van der Waals surface area contributed by atoms with Crippen molar-refractivity contribution in [1.82, 2.24) is 18.1 Å². The number of rotatable bonds is 9. The minimum absolute atomic E-state index is 0.493. The van der Waals surface area contributed by atoms with Gasteiger partial charge in [0, 0.05) is 26.0 Å². The molecular weight excluding hydrogens is 720 g/mol. The Bertz CT molecular complexity index is 1190. The van der Waals surface area contributed by atoms with E-state index in [-0.39, 0.29) is 0 Å². The Morgan fingerprint density at radius 2 is 0.884 bits per heavy atom. The largest absolute Gasteiger partial charge is 0.512 e. The van der Waals surface area contributed by atoms with Crippen molar-refractivity contribution in [3.63, 3.8) is 0 Å². The van der Waals surface area contributed by atoms with Crippen LogP contribution < -0.4 is 8.25 Å². The Morgan fingerprint density at radius 3 is 1.09 bits per heavy atom. The van der Waals surface area contributed by atoms with Gasteiger partial charge in [0.25, 0.3) is 0 Å². The van der Waals surface area contributed by atoms with E-state index in [9.17, 15) is 86.4 Å². The van der Waals surface area contributed by atoms with Gasteiger partial charge in [-0.15, -0.1) is 0 Å². The molecule has 1 aliphatic rings. The van der Waals surface area contributed by atoms with Gasteiger partial charge in [0.05, 0.1) is 6.17 Å². The lowest BCUT2D eigenvalue weighted by molar-refractivity contribution is -0.0487. The highest BCUT2D eigenvalue weighted by Gasteiger charge is 2.56. The summed E-state index contributed by atoms with van der Waals surface area (Å²) in [5.74, 6) is 0. The van der Waals surface area contributed by atoms with E-state index in [0.717, 1.165) is 0 Å². The van der Waals surface area contributed by atoms with E-state index in [4.69, 9.17) is 0 Å². The van der Waals surface area contributed by atoms with Crippen molar-refractivity contribution in [3.8, 4) is 0 Å². The van der Waals surface area contributed by atoms with Crippen LogP contribution in [0.1, 0.15) is 39.5 Å². The van der Waals surface area contributed by atoms with E-state index in [0.29, 0.717) is 6.17 Å². The summed E-state index contributed by atoms with van der Waals surface area (Å²) < 4.78 is 217. The highest BCUT2D eigenvalue weighted by molar-refractivity contribution is 8.06. The van der Waals surface area contributed by atoms with Gasteiger partial charge >= 0.3 is 62.1 Å². The molecule has 0 amide bonds. The van der Waals surface area contributed by atoms with E-state index in [1.54, 1.807) is 0 Å². The fourth-order valence-electron chi connectivity index (χ4n) is 2.13. The quantitative estimate of drug-likeness (QED) is 0.265. The molecule has 260 valence electrons. The third-order valence-electron chi connectivity index (χ3n) is 4.49. The molecule has 12 nitrogen and oxygen atoms in total. The first-order valence-corrected chi connectivity index (χ1v) is 16.6. The Labute approximate surface area is 238 Å². The lowest BCUT2D eigenvalue weighted by atomic mass is 10.2. The number of halogens is 12. The molecule has 1 rings (SSSR count). The van der Waals surface area contributed by atoms with Crippen LogP contribution in [0.4, 0.5) is 52.7 Å². The molecule has 0 aliphatic carbocycles. The molecule has 0 saturated heterocycles. The van der Waals surface area contributed by atoms with Gasteiger partial charge in [0.2, 0.25) is 0 Å². The SMILES string of the molecule is CCCCCCN1C=CN(C)C1C.O=S(=O)(NS(=O)(=O)C(F)(F)F)C(F)(F)F.O=S(=O)(NS(=O)(=O)C(F)(F)F)C(F)(F)F. The molecule has 43 heavy (non-hydrogen) atoms. The zero-order valence-electron chi connectivity index (χ0n) is 21.6. The molecule has 0 radical (unpaired) electrons. The lowest BCUT2D eigenvalue weighted by Crippen LogP contribution is -2.45. The monoisotopic (exact) mass is 744 g/mol. The number of sulfonamides is 4. The third-order valence-corrected chi connectivity index (χ3v) is 10.4. The molecule has 28 heteroatoms. The van der Waals surface area contributed by atoms with E-state index in [1.165, 1.54) is 32.2 Å². The molecule has 0 spiro atoms. The Hall–Kier alpha value is -1.78. The van der Waals surface area contributed by atoms with Crippen molar-refractivity contribution < 1.29 is 86.4 Å². The van der Waals surface area contributed by atoms with Crippen LogP contribution in [0.5, 0.6) is 0 Å². The molecule has 1 atom stereocenters. The summed E-state index contributed by atoms with van der Waals surface area (Å²) in [4.78, 5) is 4.66. The number of hydrogen-bond acceptors (Lipinski definition) is 10. The van der Waals surface area contributed by atoms with Crippen molar-refractivity contribution in [1.29, 1.82) is 0 Å². The predicted molar refractivity (Wildman–Crippen MR) is 123 cm³/mol. The van der Waals surface area contributed by atoms with Crippen molar-refractivity contribution in [3.05, 3.63) is 12.4 Å². The van der Waals surface area contributed by atoms with Crippen molar-refractivity contribution in [2.45, 2.75) is 67.7 Å². The van der Waals surface area contributed by atoms with Crippen LogP contribution in [0.15, 0.2) is 12.4 Å². The Morgan fingerprint density at radius 1 is 0.581 bits per heavy atom. The van der Waals surface area contributed by atoms with Crippen LogP contribution in [0.3, 0.4) is 0 Å². The van der Waals surface area contributed by atoms with E-state index in [2.05, 4.69) is 43.1 Å². The summed E-state index contributed by atoms with van der Waals surface area (Å²) >= 11 is 0. The first-order valence-electron chi connectivity index (χ1n) is 10.6. The van der Waals surface area contributed by atoms with Crippen molar-refractivity contribution >= 4 is 40.1 Å².